The number of rotatable bonds is 4. The summed E-state index contributed by atoms with van der Waals surface area (Å²) in [6.45, 7) is 6.72. The van der Waals surface area contributed by atoms with Crippen LogP contribution in [0.5, 0.6) is 5.75 Å². The van der Waals surface area contributed by atoms with E-state index < -0.39 is 0 Å². The highest BCUT2D eigenvalue weighted by molar-refractivity contribution is 5.83. The van der Waals surface area contributed by atoms with E-state index in [4.69, 9.17) is 9.72 Å². The summed E-state index contributed by atoms with van der Waals surface area (Å²) in [5.41, 5.74) is 5.38. The van der Waals surface area contributed by atoms with Crippen LogP contribution in [0, 0.1) is 31.1 Å². The molecule has 0 fully saturated rings. The molecular formula is C20H21N3O. The maximum absolute atomic E-state index is 9.26. The van der Waals surface area contributed by atoms with Crippen LogP contribution in [0.25, 0.3) is 22.4 Å². The van der Waals surface area contributed by atoms with Crippen LogP contribution in [-0.4, -0.2) is 16.7 Å². The molecule has 1 heterocycles. The van der Waals surface area contributed by atoms with E-state index in [1.807, 2.05) is 31.2 Å². The smallest absolute Gasteiger partial charge is 0.144 e. The Bertz CT molecular complexity index is 934. The van der Waals surface area contributed by atoms with Gasteiger partial charge in [0.2, 0.25) is 0 Å². The topological polar surface area (TPSA) is 50.8 Å². The highest BCUT2D eigenvalue weighted by atomic mass is 16.5. The van der Waals surface area contributed by atoms with Crippen molar-refractivity contribution in [3.63, 3.8) is 0 Å². The Balaban J connectivity index is 2.30. The second-order valence-electron chi connectivity index (χ2n) is 6.20. The van der Waals surface area contributed by atoms with Crippen LogP contribution in [0.3, 0.4) is 0 Å². The lowest BCUT2D eigenvalue weighted by atomic mass is 10.1. The number of para-hydroxylation sites is 1. The third kappa shape index (κ3) is 2.74. The van der Waals surface area contributed by atoms with Gasteiger partial charge < -0.3 is 9.30 Å². The van der Waals surface area contributed by atoms with Crippen molar-refractivity contribution >= 4 is 11.0 Å². The first-order chi connectivity index (χ1) is 11.5. The number of ether oxygens (including phenoxy) is 1. The van der Waals surface area contributed by atoms with Gasteiger partial charge in [0.1, 0.15) is 11.6 Å². The Kier molecular flexibility index (Phi) is 4.26. The lowest BCUT2D eigenvalue weighted by Crippen LogP contribution is -2.08. The van der Waals surface area contributed by atoms with Crippen LogP contribution >= 0.6 is 0 Å². The molecule has 1 unspecified atom stereocenters. The fourth-order valence-electron chi connectivity index (χ4n) is 2.91. The monoisotopic (exact) mass is 319 g/mol. The van der Waals surface area contributed by atoms with E-state index in [9.17, 15) is 5.26 Å². The van der Waals surface area contributed by atoms with Gasteiger partial charge in [0.15, 0.2) is 0 Å². The first-order valence-corrected chi connectivity index (χ1v) is 8.05. The van der Waals surface area contributed by atoms with Crippen LogP contribution in [0.1, 0.15) is 18.1 Å². The number of fused-ring (bicyclic) bond motifs is 1. The molecular weight excluding hydrogens is 298 g/mol. The fraction of sp³-hybridized carbons (Fsp3) is 0.300. The molecule has 0 aliphatic heterocycles. The molecule has 1 aromatic heterocycles. The van der Waals surface area contributed by atoms with E-state index in [-0.39, 0.29) is 5.92 Å². The van der Waals surface area contributed by atoms with E-state index in [1.165, 1.54) is 11.1 Å². The third-order valence-electron chi connectivity index (χ3n) is 4.39. The molecule has 2 aromatic carbocycles. The minimum Gasteiger partial charge on any atom is -0.496 e. The van der Waals surface area contributed by atoms with Gasteiger partial charge in [0.25, 0.3) is 0 Å². The normalized spacial score (nSPS) is 12.1. The highest BCUT2D eigenvalue weighted by Gasteiger charge is 2.18. The van der Waals surface area contributed by atoms with Gasteiger partial charge in [-0.05, 0) is 56.2 Å². The molecule has 122 valence electrons. The summed E-state index contributed by atoms with van der Waals surface area (Å²) >= 11 is 0. The molecule has 0 radical (unpaired) electrons. The maximum Gasteiger partial charge on any atom is 0.144 e. The zero-order chi connectivity index (χ0) is 17.3. The maximum atomic E-state index is 9.26. The number of nitriles is 1. The second-order valence-corrected chi connectivity index (χ2v) is 6.20. The summed E-state index contributed by atoms with van der Waals surface area (Å²) in [4.78, 5) is 4.85. The van der Waals surface area contributed by atoms with Crippen molar-refractivity contribution in [2.75, 3.05) is 7.11 Å². The van der Waals surface area contributed by atoms with Crippen LogP contribution in [0.15, 0.2) is 36.4 Å². The number of methoxy groups -OCH3 is 1. The molecule has 0 amide bonds. The SMILES string of the molecule is COc1ccccc1-c1nc2cc(C)c(C)cc2n1CC(C)C#N. The predicted octanol–water partition coefficient (Wildman–Crippen LogP) is 4.49. The number of benzene rings is 2. The molecule has 0 saturated heterocycles. The molecule has 0 spiro atoms. The van der Waals surface area contributed by atoms with Crippen molar-refractivity contribution in [3.8, 4) is 23.2 Å². The molecule has 3 aromatic rings. The summed E-state index contributed by atoms with van der Waals surface area (Å²) in [5.74, 6) is 1.53. The van der Waals surface area contributed by atoms with Crippen LogP contribution in [0.2, 0.25) is 0 Å². The summed E-state index contributed by atoms with van der Waals surface area (Å²) in [6.07, 6.45) is 0. The number of aryl methyl sites for hydroxylation is 2. The number of hydrogen-bond acceptors (Lipinski definition) is 3. The minimum atomic E-state index is -0.0996. The van der Waals surface area contributed by atoms with Gasteiger partial charge in [0.05, 0.1) is 35.7 Å². The van der Waals surface area contributed by atoms with Gasteiger partial charge in [-0.15, -0.1) is 0 Å². The van der Waals surface area contributed by atoms with E-state index >= 15 is 0 Å². The largest absolute Gasteiger partial charge is 0.496 e. The quantitative estimate of drug-likeness (QED) is 0.712. The van der Waals surface area contributed by atoms with Crippen LogP contribution in [-0.2, 0) is 6.54 Å². The highest BCUT2D eigenvalue weighted by Crippen LogP contribution is 2.33. The molecule has 0 aliphatic rings. The molecule has 0 aliphatic carbocycles. The van der Waals surface area contributed by atoms with Crippen molar-refractivity contribution in [1.82, 2.24) is 9.55 Å². The summed E-state index contributed by atoms with van der Waals surface area (Å²) in [5, 5.41) is 9.26. The van der Waals surface area contributed by atoms with E-state index in [2.05, 4.69) is 36.6 Å². The number of imidazole rings is 1. The average Bonchev–Trinajstić information content (AvgIpc) is 2.92. The minimum absolute atomic E-state index is 0.0996. The van der Waals surface area contributed by atoms with Crippen molar-refractivity contribution in [3.05, 3.63) is 47.5 Å². The molecule has 4 nitrogen and oxygen atoms in total. The lowest BCUT2D eigenvalue weighted by Gasteiger charge is -2.13. The van der Waals surface area contributed by atoms with Gasteiger partial charge >= 0.3 is 0 Å². The molecule has 0 N–H and O–H groups in total. The Morgan fingerprint density at radius 3 is 2.62 bits per heavy atom. The Morgan fingerprint density at radius 2 is 1.92 bits per heavy atom. The third-order valence-corrected chi connectivity index (χ3v) is 4.39. The van der Waals surface area contributed by atoms with E-state index in [0.717, 1.165) is 28.2 Å². The van der Waals surface area contributed by atoms with Gasteiger partial charge in [-0.2, -0.15) is 5.26 Å². The van der Waals surface area contributed by atoms with Gasteiger partial charge in [-0.3, -0.25) is 0 Å². The number of hydrogen-bond donors (Lipinski definition) is 0. The van der Waals surface area contributed by atoms with E-state index in [0.29, 0.717) is 6.54 Å². The van der Waals surface area contributed by atoms with Gasteiger partial charge in [-0.25, -0.2) is 4.98 Å². The standard InChI is InChI=1S/C20H21N3O/c1-13(11-21)12-23-18-10-15(3)14(2)9-17(18)22-20(23)16-7-5-6-8-19(16)24-4/h5-10,13H,12H2,1-4H3. The average molecular weight is 319 g/mol. The van der Waals surface area contributed by atoms with Crippen LogP contribution < -0.4 is 4.74 Å². The molecule has 1 atom stereocenters. The summed E-state index contributed by atoms with van der Waals surface area (Å²) in [6, 6.07) is 14.4. The van der Waals surface area contributed by atoms with Gasteiger partial charge in [0, 0.05) is 6.54 Å². The molecule has 3 rings (SSSR count). The zero-order valence-electron chi connectivity index (χ0n) is 14.5. The van der Waals surface area contributed by atoms with Crippen molar-refractivity contribution in [1.29, 1.82) is 5.26 Å². The van der Waals surface area contributed by atoms with Crippen molar-refractivity contribution < 1.29 is 4.74 Å². The van der Waals surface area contributed by atoms with Crippen LogP contribution in [0.4, 0.5) is 0 Å². The van der Waals surface area contributed by atoms with Gasteiger partial charge in [-0.1, -0.05) is 12.1 Å². The fourth-order valence-corrected chi connectivity index (χ4v) is 2.91. The second kappa shape index (κ2) is 6.37. The number of aromatic nitrogens is 2. The Morgan fingerprint density at radius 1 is 1.21 bits per heavy atom. The van der Waals surface area contributed by atoms with E-state index in [1.54, 1.807) is 7.11 Å². The first-order valence-electron chi connectivity index (χ1n) is 8.05. The lowest BCUT2D eigenvalue weighted by molar-refractivity contribution is 0.415. The molecule has 0 saturated carbocycles. The Hall–Kier alpha value is -2.80. The molecule has 4 heteroatoms. The van der Waals surface area contributed by atoms with Crippen molar-refractivity contribution in [2.24, 2.45) is 5.92 Å². The van der Waals surface area contributed by atoms with Crippen molar-refractivity contribution in [2.45, 2.75) is 27.3 Å². The zero-order valence-corrected chi connectivity index (χ0v) is 14.5. The summed E-state index contributed by atoms with van der Waals surface area (Å²) < 4.78 is 7.64. The first kappa shape index (κ1) is 16.1. The predicted molar refractivity (Wildman–Crippen MR) is 96.0 cm³/mol. The molecule has 24 heavy (non-hydrogen) atoms. The number of nitrogens with zero attached hydrogens (tertiary/aromatic N) is 3. The summed E-state index contributed by atoms with van der Waals surface area (Å²) in [7, 11) is 1.66. The Labute approximate surface area is 142 Å². The molecule has 0 bridgehead atoms.